The zero-order chi connectivity index (χ0) is 12.3. The lowest BCUT2D eigenvalue weighted by Crippen LogP contribution is -2.32. The van der Waals surface area contributed by atoms with Crippen molar-refractivity contribution < 1.29 is 0 Å². The first-order valence-electron chi connectivity index (χ1n) is 5.88. The van der Waals surface area contributed by atoms with Crippen molar-refractivity contribution in [2.75, 3.05) is 32.0 Å². The first kappa shape index (κ1) is 13.1. The summed E-state index contributed by atoms with van der Waals surface area (Å²) in [6, 6.07) is 1.98. The topological polar surface area (TPSA) is 28.2 Å². The molecule has 1 aromatic rings. The van der Waals surface area contributed by atoms with Gasteiger partial charge in [0.2, 0.25) is 0 Å². The highest BCUT2D eigenvalue weighted by atomic mass is 79.9. The number of likely N-dealkylation sites (tertiary alicyclic amines) is 1. The van der Waals surface area contributed by atoms with Crippen molar-refractivity contribution in [3.05, 3.63) is 21.9 Å². The van der Waals surface area contributed by atoms with E-state index in [0.717, 1.165) is 22.6 Å². The molecule has 3 nitrogen and oxygen atoms in total. The standard InChI is InChI=1S/C12H17BrClN3/c1-17-4-2-9(3-5-17)7-15-10-6-11(13)12(14)16-8-10/h6,8-9,15H,2-5,7H2,1H3. The molecule has 0 aliphatic carbocycles. The van der Waals surface area contributed by atoms with Crippen LogP contribution in [0.1, 0.15) is 12.8 Å². The Balaban J connectivity index is 1.83. The van der Waals surface area contributed by atoms with E-state index in [0.29, 0.717) is 5.15 Å². The third-order valence-electron chi connectivity index (χ3n) is 3.23. The van der Waals surface area contributed by atoms with Gasteiger partial charge in [-0.3, -0.25) is 0 Å². The summed E-state index contributed by atoms with van der Waals surface area (Å²) >= 11 is 9.23. The van der Waals surface area contributed by atoms with E-state index in [1.165, 1.54) is 25.9 Å². The molecule has 0 unspecified atom stereocenters. The van der Waals surface area contributed by atoms with Gasteiger partial charge in [-0.2, -0.15) is 0 Å². The Morgan fingerprint density at radius 3 is 2.88 bits per heavy atom. The SMILES string of the molecule is CN1CCC(CNc2cnc(Cl)c(Br)c2)CC1. The monoisotopic (exact) mass is 317 g/mol. The van der Waals surface area contributed by atoms with Crippen LogP contribution in [-0.2, 0) is 0 Å². The summed E-state index contributed by atoms with van der Waals surface area (Å²) in [4.78, 5) is 6.49. The van der Waals surface area contributed by atoms with Gasteiger partial charge in [-0.1, -0.05) is 11.6 Å². The van der Waals surface area contributed by atoms with Gasteiger partial charge in [0.25, 0.3) is 0 Å². The zero-order valence-corrected chi connectivity index (χ0v) is 12.3. The smallest absolute Gasteiger partial charge is 0.143 e. The van der Waals surface area contributed by atoms with Crippen molar-refractivity contribution in [2.24, 2.45) is 5.92 Å². The number of piperidine rings is 1. The maximum absolute atomic E-state index is 5.85. The molecule has 0 saturated carbocycles. The average Bonchev–Trinajstić information content (AvgIpc) is 2.33. The van der Waals surface area contributed by atoms with Gasteiger partial charge in [-0.15, -0.1) is 0 Å². The highest BCUT2D eigenvalue weighted by Crippen LogP contribution is 2.23. The van der Waals surface area contributed by atoms with Crippen molar-refractivity contribution >= 4 is 33.2 Å². The van der Waals surface area contributed by atoms with Crippen LogP contribution in [0.15, 0.2) is 16.7 Å². The first-order valence-corrected chi connectivity index (χ1v) is 7.05. The molecule has 2 heterocycles. The molecule has 0 amide bonds. The number of pyridine rings is 1. The fourth-order valence-corrected chi connectivity index (χ4v) is 2.50. The van der Waals surface area contributed by atoms with E-state index >= 15 is 0 Å². The summed E-state index contributed by atoms with van der Waals surface area (Å²) in [5.41, 5.74) is 1.03. The summed E-state index contributed by atoms with van der Waals surface area (Å²) in [6.07, 6.45) is 4.32. The lowest BCUT2D eigenvalue weighted by Gasteiger charge is -2.29. The minimum absolute atomic E-state index is 0.509. The maximum Gasteiger partial charge on any atom is 0.143 e. The van der Waals surface area contributed by atoms with Gasteiger partial charge in [-0.05, 0) is 60.9 Å². The lowest BCUT2D eigenvalue weighted by molar-refractivity contribution is 0.226. The quantitative estimate of drug-likeness (QED) is 0.867. The first-order chi connectivity index (χ1) is 8.15. The lowest BCUT2D eigenvalue weighted by atomic mass is 9.97. The number of nitrogens with one attached hydrogen (secondary N) is 1. The second-order valence-corrected chi connectivity index (χ2v) is 5.84. The van der Waals surface area contributed by atoms with Gasteiger partial charge >= 0.3 is 0 Å². The number of nitrogens with zero attached hydrogens (tertiary/aromatic N) is 2. The molecule has 1 aliphatic rings. The number of aromatic nitrogens is 1. The Morgan fingerprint density at radius 2 is 2.24 bits per heavy atom. The largest absolute Gasteiger partial charge is 0.383 e. The van der Waals surface area contributed by atoms with Crippen LogP contribution in [0.25, 0.3) is 0 Å². The van der Waals surface area contributed by atoms with Crippen LogP contribution in [0.5, 0.6) is 0 Å². The normalized spacial score (nSPS) is 18.3. The van der Waals surface area contributed by atoms with Crippen LogP contribution in [0.4, 0.5) is 5.69 Å². The van der Waals surface area contributed by atoms with Crippen molar-refractivity contribution in [3.8, 4) is 0 Å². The Hall–Kier alpha value is -0.320. The van der Waals surface area contributed by atoms with Crippen molar-refractivity contribution in [1.82, 2.24) is 9.88 Å². The Morgan fingerprint density at radius 1 is 1.53 bits per heavy atom. The molecule has 0 spiro atoms. The van der Waals surface area contributed by atoms with E-state index in [9.17, 15) is 0 Å². The molecule has 5 heteroatoms. The number of anilines is 1. The third-order valence-corrected chi connectivity index (χ3v) is 4.36. The molecule has 0 radical (unpaired) electrons. The van der Waals surface area contributed by atoms with Gasteiger partial charge in [0.1, 0.15) is 5.15 Å². The second-order valence-electron chi connectivity index (χ2n) is 4.62. The minimum Gasteiger partial charge on any atom is -0.383 e. The Bertz CT molecular complexity index is 378. The van der Waals surface area contributed by atoms with E-state index in [1.807, 2.05) is 6.07 Å². The van der Waals surface area contributed by atoms with E-state index in [2.05, 4.69) is 38.2 Å². The fourth-order valence-electron chi connectivity index (χ4n) is 2.05. The molecule has 0 atom stereocenters. The van der Waals surface area contributed by atoms with E-state index < -0.39 is 0 Å². The molecule has 1 aromatic heterocycles. The van der Waals surface area contributed by atoms with Gasteiger partial charge in [0, 0.05) is 6.54 Å². The predicted octanol–water partition coefficient (Wildman–Crippen LogP) is 3.25. The van der Waals surface area contributed by atoms with Crippen molar-refractivity contribution in [2.45, 2.75) is 12.8 Å². The van der Waals surface area contributed by atoms with Crippen molar-refractivity contribution in [1.29, 1.82) is 0 Å². The van der Waals surface area contributed by atoms with Crippen LogP contribution in [0.3, 0.4) is 0 Å². The molecule has 1 saturated heterocycles. The zero-order valence-electron chi connectivity index (χ0n) is 9.92. The van der Waals surface area contributed by atoms with Crippen LogP contribution >= 0.6 is 27.5 Å². The maximum atomic E-state index is 5.85. The van der Waals surface area contributed by atoms with E-state index in [4.69, 9.17) is 11.6 Å². The minimum atomic E-state index is 0.509. The van der Waals surface area contributed by atoms with Gasteiger partial charge in [0.05, 0.1) is 16.4 Å². The summed E-state index contributed by atoms with van der Waals surface area (Å²) in [6.45, 7) is 3.42. The molecule has 0 aromatic carbocycles. The molecule has 94 valence electrons. The summed E-state index contributed by atoms with van der Waals surface area (Å²) in [7, 11) is 2.18. The molecule has 2 rings (SSSR count). The number of hydrogen-bond acceptors (Lipinski definition) is 3. The van der Waals surface area contributed by atoms with Gasteiger partial charge < -0.3 is 10.2 Å². The summed E-state index contributed by atoms with van der Waals surface area (Å²) in [5.74, 6) is 0.764. The van der Waals surface area contributed by atoms with Gasteiger partial charge in [0.15, 0.2) is 0 Å². The molecule has 0 bridgehead atoms. The molecule has 1 fully saturated rings. The van der Waals surface area contributed by atoms with Gasteiger partial charge in [-0.25, -0.2) is 4.98 Å². The predicted molar refractivity (Wildman–Crippen MR) is 75.7 cm³/mol. The van der Waals surface area contributed by atoms with Crippen LogP contribution in [0.2, 0.25) is 5.15 Å². The highest BCUT2D eigenvalue weighted by molar-refractivity contribution is 9.10. The number of hydrogen-bond donors (Lipinski definition) is 1. The van der Waals surface area contributed by atoms with E-state index in [1.54, 1.807) is 6.20 Å². The number of halogens is 2. The number of rotatable bonds is 3. The van der Waals surface area contributed by atoms with Crippen LogP contribution in [0, 0.1) is 5.92 Å². The highest BCUT2D eigenvalue weighted by Gasteiger charge is 2.16. The summed E-state index contributed by atoms with van der Waals surface area (Å²) < 4.78 is 0.840. The molecular weight excluding hydrogens is 302 g/mol. The summed E-state index contributed by atoms with van der Waals surface area (Å²) in [5, 5.41) is 3.94. The average molecular weight is 319 g/mol. The molecule has 1 aliphatic heterocycles. The molecular formula is C12H17BrClN3. The third kappa shape index (κ3) is 3.83. The van der Waals surface area contributed by atoms with Crippen molar-refractivity contribution in [3.63, 3.8) is 0 Å². The molecule has 17 heavy (non-hydrogen) atoms. The fraction of sp³-hybridized carbons (Fsp3) is 0.583. The van der Waals surface area contributed by atoms with E-state index in [-0.39, 0.29) is 0 Å². The second kappa shape index (κ2) is 6.03. The van der Waals surface area contributed by atoms with Crippen LogP contribution < -0.4 is 5.32 Å². The Labute approximate surface area is 116 Å². The Kier molecular flexibility index (Phi) is 4.65. The molecule has 1 N–H and O–H groups in total. The van der Waals surface area contributed by atoms with Crippen LogP contribution in [-0.4, -0.2) is 36.6 Å².